The van der Waals surface area contributed by atoms with Gasteiger partial charge in [0.05, 0.1) is 13.7 Å². The average Bonchev–Trinajstić information content (AvgIpc) is 2.40. The van der Waals surface area contributed by atoms with E-state index in [0.717, 1.165) is 23.7 Å². The molecule has 1 aliphatic rings. The lowest BCUT2D eigenvalue weighted by molar-refractivity contribution is 0.310. The molecule has 5 heteroatoms. The van der Waals surface area contributed by atoms with Crippen LogP contribution in [0.5, 0.6) is 11.5 Å². The van der Waals surface area contributed by atoms with Crippen LogP contribution in [-0.4, -0.2) is 31.3 Å². The second-order valence-corrected chi connectivity index (χ2v) is 5.63. The van der Waals surface area contributed by atoms with Crippen LogP contribution in [0.4, 0.5) is 0 Å². The highest BCUT2D eigenvalue weighted by atomic mass is 35.5. The fourth-order valence-corrected chi connectivity index (χ4v) is 3.59. The van der Waals surface area contributed by atoms with E-state index in [-0.39, 0.29) is 18.4 Å². The van der Waals surface area contributed by atoms with Gasteiger partial charge in [0.25, 0.3) is 0 Å². The molecule has 2 N–H and O–H groups in total. The Morgan fingerprint density at radius 1 is 1.37 bits per heavy atom. The maximum atomic E-state index is 6.22. The van der Waals surface area contributed by atoms with Crippen LogP contribution in [0.15, 0.2) is 18.2 Å². The molecule has 0 unspecified atom stereocenters. The van der Waals surface area contributed by atoms with E-state index in [1.54, 1.807) is 7.11 Å². The molecule has 0 saturated carbocycles. The number of hydrogen-bond donors (Lipinski definition) is 1. The molecule has 0 aromatic heterocycles. The van der Waals surface area contributed by atoms with Crippen LogP contribution in [-0.2, 0) is 0 Å². The highest BCUT2D eigenvalue weighted by Crippen LogP contribution is 2.35. The normalized spacial score (nSPS) is 22.5. The number of halogens is 1. The maximum absolute atomic E-state index is 6.22. The molecule has 1 aliphatic heterocycles. The Labute approximate surface area is 125 Å². The van der Waals surface area contributed by atoms with Crippen molar-refractivity contribution in [3.63, 3.8) is 0 Å². The summed E-state index contributed by atoms with van der Waals surface area (Å²) >= 11 is 1.98. The average molecular weight is 304 g/mol. The second-order valence-electron chi connectivity index (χ2n) is 4.48. The van der Waals surface area contributed by atoms with Gasteiger partial charge in [-0.15, -0.1) is 12.4 Å². The highest BCUT2D eigenvalue weighted by molar-refractivity contribution is 7.99. The highest BCUT2D eigenvalue weighted by Gasteiger charge is 2.24. The first-order chi connectivity index (χ1) is 8.76. The van der Waals surface area contributed by atoms with E-state index in [2.05, 4.69) is 12.1 Å². The van der Waals surface area contributed by atoms with E-state index >= 15 is 0 Å². The fourth-order valence-electron chi connectivity index (χ4n) is 2.29. The van der Waals surface area contributed by atoms with Gasteiger partial charge in [-0.3, -0.25) is 0 Å². The van der Waals surface area contributed by atoms with Gasteiger partial charge < -0.3 is 15.2 Å². The smallest absolute Gasteiger partial charge is 0.161 e. The zero-order valence-electron chi connectivity index (χ0n) is 11.4. The summed E-state index contributed by atoms with van der Waals surface area (Å²) < 4.78 is 10.9. The molecule has 3 nitrogen and oxygen atoms in total. The molecule has 1 aromatic rings. The quantitative estimate of drug-likeness (QED) is 0.928. The predicted octanol–water partition coefficient (Wildman–Crippen LogP) is 3.06. The standard InChI is InChI=1S/C14H21NO2S.ClH/c1-3-17-14-8-10(4-5-13(14)16-2)11-9-18-7-6-12(11)15;/h4-5,8,11-12H,3,6-7,9,15H2,1-2H3;1H/t11-,12-;/m1./s1. The van der Waals surface area contributed by atoms with Gasteiger partial charge in [0.15, 0.2) is 11.5 Å². The summed E-state index contributed by atoms with van der Waals surface area (Å²) in [6, 6.07) is 6.43. The molecule has 1 aromatic carbocycles. The number of nitrogens with two attached hydrogens (primary N) is 1. The second kappa shape index (κ2) is 7.88. The van der Waals surface area contributed by atoms with Crippen LogP contribution in [0.3, 0.4) is 0 Å². The number of rotatable bonds is 4. The molecule has 2 atom stereocenters. The molecule has 19 heavy (non-hydrogen) atoms. The lowest BCUT2D eigenvalue weighted by Crippen LogP contribution is -2.33. The van der Waals surface area contributed by atoms with E-state index in [1.807, 2.05) is 24.8 Å². The number of ether oxygens (including phenoxy) is 2. The fraction of sp³-hybridized carbons (Fsp3) is 0.571. The Morgan fingerprint density at radius 3 is 2.79 bits per heavy atom. The van der Waals surface area contributed by atoms with Gasteiger partial charge in [-0.1, -0.05) is 6.07 Å². The van der Waals surface area contributed by atoms with Gasteiger partial charge in [0.2, 0.25) is 0 Å². The topological polar surface area (TPSA) is 44.5 Å². The van der Waals surface area contributed by atoms with E-state index in [1.165, 1.54) is 11.3 Å². The van der Waals surface area contributed by atoms with Crippen molar-refractivity contribution in [2.24, 2.45) is 5.73 Å². The summed E-state index contributed by atoms with van der Waals surface area (Å²) in [5.74, 6) is 4.30. The van der Waals surface area contributed by atoms with Gasteiger partial charge in [0.1, 0.15) is 0 Å². The Balaban J connectivity index is 0.00000180. The van der Waals surface area contributed by atoms with Crippen LogP contribution in [0.2, 0.25) is 0 Å². The SMILES string of the molecule is CCOc1cc([C@H]2CSCC[C@H]2N)ccc1OC.Cl. The summed E-state index contributed by atoms with van der Waals surface area (Å²) in [5, 5.41) is 0. The molecule has 1 fully saturated rings. The third-order valence-corrected chi connectivity index (χ3v) is 4.44. The van der Waals surface area contributed by atoms with Crippen molar-refractivity contribution in [2.45, 2.75) is 25.3 Å². The molecule has 0 radical (unpaired) electrons. The first kappa shape index (κ1) is 16.5. The van der Waals surface area contributed by atoms with Crippen molar-refractivity contribution in [3.05, 3.63) is 23.8 Å². The summed E-state index contributed by atoms with van der Waals surface area (Å²) in [7, 11) is 1.67. The molecule has 0 amide bonds. The number of hydrogen-bond acceptors (Lipinski definition) is 4. The van der Waals surface area contributed by atoms with E-state index < -0.39 is 0 Å². The van der Waals surface area contributed by atoms with Crippen molar-refractivity contribution >= 4 is 24.2 Å². The Morgan fingerprint density at radius 2 is 2.16 bits per heavy atom. The minimum absolute atomic E-state index is 0. The van der Waals surface area contributed by atoms with Crippen molar-refractivity contribution in [3.8, 4) is 11.5 Å². The number of methoxy groups -OCH3 is 1. The third kappa shape index (κ3) is 3.94. The minimum atomic E-state index is 0. The van der Waals surface area contributed by atoms with E-state index in [9.17, 15) is 0 Å². The first-order valence-corrected chi connectivity index (χ1v) is 7.55. The summed E-state index contributed by atoms with van der Waals surface area (Å²) in [4.78, 5) is 0. The maximum Gasteiger partial charge on any atom is 0.161 e. The van der Waals surface area contributed by atoms with Crippen molar-refractivity contribution in [2.75, 3.05) is 25.2 Å². The molecule has 0 aliphatic carbocycles. The zero-order chi connectivity index (χ0) is 13.0. The van der Waals surface area contributed by atoms with Gasteiger partial charge in [0, 0.05) is 17.7 Å². The van der Waals surface area contributed by atoms with Gasteiger partial charge in [-0.2, -0.15) is 11.8 Å². The lowest BCUT2D eigenvalue weighted by atomic mass is 9.91. The van der Waals surface area contributed by atoms with Crippen molar-refractivity contribution in [1.82, 2.24) is 0 Å². The Bertz CT molecular complexity index is 403. The largest absolute Gasteiger partial charge is 0.493 e. The zero-order valence-corrected chi connectivity index (χ0v) is 13.1. The Kier molecular flexibility index (Phi) is 6.83. The molecular formula is C14H22ClNO2S. The predicted molar refractivity (Wildman–Crippen MR) is 84.1 cm³/mol. The molecule has 2 rings (SSSR count). The minimum Gasteiger partial charge on any atom is -0.493 e. The van der Waals surface area contributed by atoms with Gasteiger partial charge in [-0.05, 0) is 36.8 Å². The number of benzene rings is 1. The molecule has 0 bridgehead atoms. The number of thioether (sulfide) groups is 1. The van der Waals surface area contributed by atoms with Crippen molar-refractivity contribution < 1.29 is 9.47 Å². The van der Waals surface area contributed by atoms with Gasteiger partial charge in [-0.25, -0.2) is 0 Å². The summed E-state index contributed by atoms with van der Waals surface area (Å²) in [6.07, 6.45) is 1.09. The molecule has 108 valence electrons. The molecular weight excluding hydrogens is 282 g/mol. The van der Waals surface area contributed by atoms with Gasteiger partial charge >= 0.3 is 0 Å². The molecule has 1 heterocycles. The Hall–Kier alpha value is -0.580. The van der Waals surface area contributed by atoms with Crippen LogP contribution >= 0.6 is 24.2 Å². The summed E-state index contributed by atoms with van der Waals surface area (Å²) in [5.41, 5.74) is 7.48. The molecule has 1 saturated heterocycles. The third-order valence-electron chi connectivity index (χ3n) is 3.33. The van der Waals surface area contributed by atoms with E-state index in [4.69, 9.17) is 15.2 Å². The van der Waals surface area contributed by atoms with Crippen LogP contribution in [0.25, 0.3) is 0 Å². The lowest BCUT2D eigenvalue weighted by Gasteiger charge is -2.29. The first-order valence-electron chi connectivity index (χ1n) is 6.40. The van der Waals surface area contributed by atoms with E-state index in [0.29, 0.717) is 12.5 Å². The van der Waals surface area contributed by atoms with Crippen LogP contribution in [0.1, 0.15) is 24.8 Å². The monoisotopic (exact) mass is 303 g/mol. The molecule has 0 spiro atoms. The van der Waals surface area contributed by atoms with Crippen molar-refractivity contribution in [1.29, 1.82) is 0 Å². The van der Waals surface area contributed by atoms with Crippen LogP contribution < -0.4 is 15.2 Å². The summed E-state index contributed by atoms with van der Waals surface area (Å²) in [6.45, 7) is 2.62. The van der Waals surface area contributed by atoms with Crippen LogP contribution in [0, 0.1) is 0 Å².